The normalized spacial score (nSPS) is 10.2. The van der Waals surface area contributed by atoms with Gasteiger partial charge in [-0.25, -0.2) is 0 Å². The van der Waals surface area contributed by atoms with Crippen molar-refractivity contribution in [2.24, 2.45) is 5.73 Å². The molecule has 1 amide bonds. The fraction of sp³-hybridized carbons (Fsp3) is 0.188. The van der Waals surface area contributed by atoms with Gasteiger partial charge in [-0.3, -0.25) is 4.79 Å². The van der Waals surface area contributed by atoms with Gasteiger partial charge in [-0.2, -0.15) is 0 Å². The summed E-state index contributed by atoms with van der Waals surface area (Å²) in [6.07, 6.45) is 0. The molecule has 2 rings (SSSR count). The van der Waals surface area contributed by atoms with Crippen LogP contribution in [0.1, 0.15) is 22.8 Å². The minimum atomic E-state index is -0.399. The first kappa shape index (κ1) is 13.9. The molecule has 0 aliphatic rings. The Hall–Kier alpha value is -2.49. The first-order valence-corrected chi connectivity index (χ1v) is 6.60. The van der Waals surface area contributed by atoms with Crippen LogP contribution in [0, 0.1) is 0 Å². The van der Waals surface area contributed by atoms with Crippen molar-refractivity contribution >= 4 is 17.3 Å². The lowest BCUT2D eigenvalue weighted by Gasteiger charge is -2.24. The van der Waals surface area contributed by atoms with E-state index in [9.17, 15) is 4.79 Å². The van der Waals surface area contributed by atoms with E-state index in [1.807, 2.05) is 42.5 Å². The van der Waals surface area contributed by atoms with Crippen molar-refractivity contribution in [3.05, 3.63) is 59.7 Å². The summed E-state index contributed by atoms with van der Waals surface area (Å²) in [6.45, 7) is 3.51. The predicted molar refractivity (Wildman–Crippen MR) is 82.5 cm³/mol. The van der Waals surface area contributed by atoms with E-state index in [0.29, 0.717) is 12.1 Å². The fourth-order valence-corrected chi connectivity index (χ4v) is 2.21. The molecule has 0 aromatic heterocycles. The van der Waals surface area contributed by atoms with Crippen molar-refractivity contribution in [3.8, 4) is 0 Å². The van der Waals surface area contributed by atoms with Gasteiger partial charge in [0.15, 0.2) is 0 Å². The van der Waals surface area contributed by atoms with E-state index >= 15 is 0 Å². The van der Waals surface area contributed by atoms with Crippen molar-refractivity contribution in [2.45, 2.75) is 13.5 Å². The number of hydrogen-bond acceptors (Lipinski definition) is 3. The van der Waals surface area contributed by atoms with Crippen LogP contribution in [-0.2, 0) is 6.54 Å². The largest absolute Gasteiger partial charge is 0.399 e. The number of rotatable bonds is 5. The molecule has 0 bridgehead atoms. The quantitative estimate of drug-likeness (QED) is 0.819. The maximum Gasteiger partial charge on any atom is 0.249 e. The lowest BCUT2D eigenvalue weighted by Crippen LogP contribution is -2.24. The molecule has 0 saturated heterocycles. The summed E-state index contributed by atoms with van der Waals surface area (Å²) >= 11 is 0. The lowest BCUT2D eigenvalue weighted by molar-refractivity contribution is 0.0999. The number of benzene rings is 2. The van der Waals surface area contributed by atoms with E-state index in [-0.39, 0.29) is 0 Å². The van der Waals surface area contributed by atoms with Crippen LogP contribution < -0.4 is 16.4 Å². The molecule has 4 N–H and O–H groups in total. The molecule has 2 aromatic carbocycles. The maximum atomic E-state index is 11.5. The molecular weight excluding hydrogens is 250 g/mol. The average molecular weight is 269 g/mol. The van der Waals surface area contributed by atoms with Crippen LogP contribution in [0.4, 0.5) is 11.4 Å². The van der Waals surface area contributed by atoms with Crippen molar-refractivity contribution in [1.82, 2.24) is 0 Å². The Morgan fingerprint density at radius 3 is 2.55 bits per heavy atom. The number of nitrogens with two attached hydrogens (primary N) is 2. The first-order valence-electron chi connectivity index (χ1n) is 6.60. The molecule has 4 heteroatoms. The monoisotopic (exact) mass is 269 g/mol. The van der Waals surface area contributed by atoms with E-state index in [0.717, 1.165) is 23.5 Å². The molecule has 0 radical (unpaired) electrons. The molecular formula is C16H19N3O. The van der Waals surface area contributed by atoms with Gasteiger partial charge < -0.3 is 16.4 Å². The lowest BCUT2D eigenvalue weighted by atomic mass is 10.1. The molecule has 0 atom stereocenters. The Balaban J connectivity index is 2.29. The molecule has 0 aliphatic carbocycles. The summed E-state index contributed by atoms with van der Waals surface area (Å²) in [5.41, 5.74) is 14.5. The van der Waals surface area contributed by atoms with Gasteiger partial charge in [0.05, 0.1) is 0 Å². The smallest absolute Gasteiger partial charge is 0.249 e. The number of carbonyl (C=O) groups excluding carboxylic acids is 1. The van der Waals surface area contributed by atoms with Gasteiger partial charge in [0.1, 0.15) is 0 Å². The van der Waals surface area contributed by atoms with E-state index in [4.69, 9.17) is 11.5 Å². The van der Waals surface area contributed by atoms with Crippen molar-refractivity contribution in [3.63, 3.8) is 0 Å². The maximum absolute atomic E-state index is 11.5. The summed E-state index contributed by atoms with van der Waals surface area (Å²) in [6, 6.07) is 15.1. The molecule has 0 fully saturated rings. The zero-order valence-corrected chi connectivity index (χ0v) is 11.5. The zero-order valence-electron chi connectivity index (χ0n) is 11.5. The number of anilines is 2. The number of amides is 1. The SMILES string of the molecule is CCN(Cc1ccccc1C(N)=O)c1cccc(N)c1. The molecule has 0 aliphatic heterocycles. The summed E-state index contributed by atoms with van der Waals surface area (Å²) < 4.78 is 0. The van der Waals surface area contributed by atoms with Gasteiger partial charge in [0.25, 0.3) is 0 Å². The number of carbonyl (C=O) groups is 1. The molecule has 104 valence electrons. The van der Waals surface area contributed by atoms with Crippen molar-refractivity contribution < 1.29 is 4.79 Å². The fourth-order valence-electron chi connectivity index (χ4n) is 2.21. The number of nitrogens with zero attached hydrogens (tertiary/aromatic N) is 1. The van der Waals surface area contributed by atoms with Crippen LogP contribution in [0.15, 0.2) is 48.5 Å². The molecule has 0 unspecified atom stereocenters. The third-order valence-corrected chi connectivity index (χ3v) is 3.26. The van der Waals surface area contributed by atoms with Crippen LogP contribution in [0.3, 0.4) is 0 Å². The summed E-state index contributed by atoms with van der Waals surface area (Å²) in [5, 5.41) is 0. The highest BCUT2D eigenvalue weighted by Gasteiger charge is 2.11. The molecule has 2 aromatic rings. The van der Waals surface area contributed by atoms with E-state index in [1.165, 1.54) is 0 Å². The molecule has 20 heavy (non-hydrogen) atoms. The van der Waals surface area contributed by atoms with Crippen LogP contribution in [-0.4, -0.2) is 12.5 Å². The number of hydrogen-bond donors (Lipinski definition) is 2. The molecule has 4 nitrogen and oxygen atoms in total. The summed E-state index contributed by atoms with van der Waals surface area (Å²) in [5.74, 6) is -0.399. The van der Waals surface area contributed by atoms with Gasteiger partial charge in [-0.15, -0.1) is 0 Å². The second kappa shape index (κ2) is 6.10. The average Bonchev–Trinajstić information content (AvgIpc) is 2.45. The highest BCUT2D eigenvalue weighted by molar-refractivity contribution is 5.94. The van der Waals surface area contributed by atoms with Crippen LogP contribution in [0.25, 0.3) is 0 Å². The second-order valence-electron chi connectivity index (χ2n) is 4.63. The highest BCUT2D eigenvalue weighted by Crippen LogP contribution is 2.21. The third-order valence-electron chi connectivity index (χ3n) is 3.26. The van der Waals surface area contributed by atoms with Gasteiger partial charge in [-0.05, 0) is 36.8 Å². The highest BCUT2D eigenvalue weighted by atomic mass is 16.1. The van der Waals surface area contributed by atoms with Crippen molar-refractivity contribution in [2.75, 3.05) is 17.2 Å². The molecule has 0 spiro atoms. The standard InChI is InChI=1S/C16H19N3O/c1-2-19(14-8-5-7-13(17)10-14)11-12-6-3-4-9-15(12)16(18)20/h3-10H,2,11,17H2,1H3,(H2,18,20). The third kappa shape index (κ3) is 3.09. The zero-order chi connectivity index (χ0) is 14.5. The van der Waals surface area contributed by atoms with Crippen LogP contribution in [0.5, 0.6) is 0 Å². The van der Waals surface area contributed by atoms with E-state index < -0.39 is 5.91 Å². The number of primary amides is 1. The van der Waals surface area contributed by atoms with Crippen LogP contribution >= 0.6 is 0 Å². The van der Waals surface area contributed by atoms with Gasteiger partial charge >= 0.3 is 0 Å². The van der Waals surface area contributed by atoms with Crippen LogP contribution in [0.2, 0.25) is 0 Å². The summed E-state index contributed by atoms with van der Waals surface area (Å²) in [7, 11) is 0. The first-order chi connectivity index (χ1) is 9.61. The summed E-state index contributed by atoms with van der Waals surface area (Å²) in [4.78, 5) is 13.6. The second-order valence-corrected chi connectivity index (χ2v) is 4.63. The topological polar surface area (TPSA) is 72.3 Å². The Kier molecular flexibility index (Phi) is 4.25. The Bertz CT molecular complexity index is 610. The Labute approximate surface area is 119 Å². The Morgan fingerprint density at radius 2 is 1.90 bits per heavy atom. The van der Waals surface area contributed by atoms with Gasteiger partial charge in [0, 0.05) is 30.0 Å². The van der Waals surface area contributed by atoms with E-state index in [2.05, 4.69) is 11.8 Å². The van der Waals surface area contributed by atoms with E-state index in [1.54, 1.807) is 6.07 Å². The predicted octanol–water partition coefficient (Wildman–Crippen LogP) is 2.39. The molecule has 0 heterocycles. The van der Waals surface area contributed by atoms with Gasteiger partial charge in [-0.1, -0.05) is 24.3 Å². The number of nitrogen functional groups attached to an aromatic ring is 1. The van der Waals surface area contributed by atoms with Gasteiger partial charge in [0.2, 0.25) is 5.91 Å². The minimum Gasteiger partial charge on any atom is -0.399 e. The molecule has 0 saturated carbocycles. The Morgan fingerprint density at radius 1 is 1.15 bits per heavy atom. The van der Waals surface area contributed by atoms with Crippen molar-refractivity contribution in [1.29, 1.82) is 0 Å². The minimum absolute atomic E-state index is 0.399.